The average Bonchev–Trinajstić information content (AvgIpc) is 3.25. The fourth-order valence-corrected chi connectivity index (χ4v) is 3.83. The van der Waals surface area contributed by atoms with E-state index in [9.17, 15) is 9.59 Å². The molecule has 8 heteroatoms. The van der Waals surface area contributed by atoms with Gasteiger partial charge in [0.15, 0.2) is 5.82 Å². The Morgan fingerprint density at radius 3 is 2.64 bits per heavy atom. The molecule has 0 fully saturated rings. The van der Waals surface area contributed by atoms with E-state index in [0.29, 0.717) is 31.6 Å². The summed E-state index contributed by atoms with van der Waals surface area (Å²) in [6.07, 6.45) is 0.251. The molecule has 0 atom stereocenters. The number of carbonyl (C=O) groups excluding carboxylic acids is 2. The van der Waals surface area contributed by atoms with Crippen LogP contribution in [0.3, 0.4) is 0 Å². The predicted molar refractivity (Wildman–Crippen MR) is 112 cm³/mol. The van der Waals surface area contributed by atoms with Crippen molar-refractivity contribution in [2.24, 2.45) is 0 Å². The number of rotatable bonds is 5. The minimum atomic E-state index is -0.251. The van der Waals surface area contributed by atoms with E-state index in [1.165, 1.54) is 11.3 Å². The van der Waals surface area contributed by atoms with Gasteiger partial charge >= 0.3 is 0 Å². The second kappa shape index (κ2) is 7.84. The minimum Gasteiger partial charge on any atom is -0.321 e. The molecule has 3 N–H and O–H groups in total. The first-order valence-electron chi connectivity index (χ1n) is 8.47. The highest BCUT2D eigenvalue weighted by molar-refractivity contribution is 7.20. The van der Waals surface area contributed by atoms with Crippen LogP contribution in [-0.4, -0.2) is 22.0 Å². The molecule has 2 heterocycles. The molecule has 2 aromatic carbocycles. The molecule has 0 saturated heterocycles. The van der Waals surface area contributed by atoms with Crippen molar-refractivity contribution >= 4 is 56.5 Å². The number of nitrogens with zero attached hydrogens (tertiary/aromatic N) is 1. The molecule has 28 heavy (non-hydrogen) atoms. The van der Waals surface area contributed by atoms with Crippen LogP contribution in [0.1, 0.15) is 15.2 Å². The number of halogens is 1. The van der Waals surface area contributed by atoms with Gasteiger partial charge in [0.05, 0.1) is 16.7 Å². The molecule has 2 aromatic heterocycles. The number of aromatic amines is 1. The summed E-state index contributed by atoms with van der Waals surface area (Å²) in [4.78, 5) is 26.0. The molecular formula is C20H15ClN4O2S. The van der Waals surface area contributed by atoms with Gasteiger partial charge in [-0.2, -0.15) is 5.10 Å². The molecule has 4 rings (SSSR count). The molecule has 0 saturated carbocycles. The molecule has 0 unspecified atom stereocenters. The summed E-state index contributed by atoms with van der Waals surface area (Å²) in [5, 5.41) is 13.8. The molecule has 2 amide bonds. The molecule has 0 radical (unpaired) electrons. The summed E-state index contributed by atoms with van der Waals surface area (Å²) in [5.74, 6) is -0.0110. The first kappa shape index (κ1) is 18.2. The molecule has 0 aliphatic carbocycles. The number of aromatic nitrogens is 2. The quantitative estimate of drug-likeness (QED) is 0.445. The van der Waals surface area contributed by atoms with Crippen LogP contribution in [0.4, 0.5) is 11.5 Å². The first-order valence-corrected chi connectivity index (χ1v) is 9.66. The molecule has 0 bridgehead atoms. The standard InChI is InChI=1S/C20H15ClN4O2S/c21-13-7-4-8-14(10-13)22-19(27)16-11-15-18(24-25-20(15)28-16)23-17(26)9-12-5-2-1-3-6-12/h1-8,10-11H,9H2,(H,22,27)(H2,23,24,25,26). The van der Waals surface area contributed by atoms with E-state index in [0.717, 1.165) is 5.56 Å². The average molecular weight is 411 g/mol. The Morgan fingerprint density at radius 1 is 1.04 bits per heavy atom. The number of anilines is 2. The highest BCUT2D eigenvalue weighted by Crippen LogP contribution is 2.30. The number of hydrogen-bond acceptors (Lipinski definition) is 4. The van der Waals surface area contributed by atoms with Crippen molar-refractivity contribution in [2.75, 3.05) is 10.6 Å². The maximum atomic E-state index is 12.5. The topological polar surface area (TPSA) is 86.9 Å². The fraction of sp³-hybridized carbons (Fsp3) is 0.0500. The van der Waals surface area contributed by atoms with Crippen molar-refractivity contribution in [3.05, 3.63) is 76.1 Å². The lowest BCUT2D eigenvalue weighted by Crippen LogP contribution is -2.14. The normalized spacial score (nSPS) is 10.8. The van der Waals surface area contributed by atoms with Gasteiger partial charge in [-0.05, 0) is 29.8 Å². The monoisotopic (exact) mass is 410 g/mol. The Labute approximate surface area is 169 Å². The minimum absolute atomic E-state index is 0.171. The van der Waals surface area contributed by atoms with Crippen LogP contribution >= 0.6 is 22.9 Å². The number of hydrogen-bond donors (Lipinski definition) is 3. The lowest BCUT2D eigenvalue weighted by molar-refractivity contribution is -0.115. The summed E-state index contributed by atoms with van der Waals surface area (Å²) in [6, 6.07) is 18.1. The zero-order valence-electron chi connectivity index (χ0n) is 14.5. The molecule has 0 aliphatic rings. The lowest BCUT2D eigenvalue weighted by atomic mass is 10.1. The van der Waals surface area contributed by atoms with Gasteiger partial charge in [-0.25, -0.2) is 0 Å². The van der Waals surface area contributed by atoms with Gasteiger partial charge in [0, 0.05) is 10.7 Å². The van der Waals surface area contributed by atoms with Gasteiger partial charge in [-0.3, -0.25) is 14.7 Å². The summed E-state index contributed by atoms with van der Waals surface area (Å²) >= 11 is 7.21. The van der Waals surface area contributed by atoms with Gasteiger partial charge in [0.2, 0.25) is 5.91 Å². The van der Waals surface area contributed by atoms with Crippen LogP contribution in [0.5, 0.6) is 0 Å². The van der Waals surface area contributed by atoms with Gasteiger partial charge in [-0.15, -0.1) is 11.3 Å². The summed E-state index contributed by atoms with van der Waals surface area (Å²) in [6.45, 7) is 0. The highest BCUT2D eigenvalue weighted by Gasteiger charge is 2.17. The Hall–Kier alpha value is -3.16. The first-order chi connectivity index (χ1) is 13.6. The Bertz CT molecular complexity index is 1150. The van der Waals surface area contributed by atoms with Crippen LogP contribution < -0.4 is 10.6 Å². The maximum absolute atomic E-state index is 12.5. The third-order valence-electron chi connectivity index (χ3n) is 4.03. The molecule has 140 valence electrons. The summed E-state index contributed by atoms with van der Waals surface area (Å²) in [7, 11) is 0. The van der Waals surface area contributed by atoms with Crippen LogP contribution in [0, 0.1) is 0 Å². The van der Waals surface area contributed by atoms with Crippen molar-refractivity contribution in [3.8, 4) is 0 Å². The number of benzene rings is 2. The van der Waals surface area contributed by atoms with Crippen LogP contribution in [-0.2, 0) is 11.2 Å². The number of amides is 2. The Morgan fingerprint density at radius 2 is 1.86 bits per heavy atom. The molecule has 0 aliphatic heterocycles. The van der Waals surface area contributed by atoms with Gasteiger partial charge in [0.25, 0.3) is 5.91 Å². The zero-order valence-corrected chi connectivity index (χ0v) is 16.1. The van der Waals surface area contributed by atoms with Gasteiger partial charge in [-0.1, -0.05) is 48.0 Å². The van der Waals surface area contributed by atoms with E-state index in [-0.39, 0.29) is 18.2 Å². The largest absolute Gasteiger partial charge is 0.321 e. The SMILES string of the molecule is O=C(Cc1ccccc1)Nc1n[nH]c2sc(C(=O)Nc3cccc(Cl)c3)cc12. The van der Waals surface area contributed by atoms with E-state index >= 15 is 0 Å². The van der Waals surface area contributed by atoms with Crippen molar-refractivity contribution < 1.29 is 9.59 Å². The smallest absolute Gasteiger partial charge is 0.265 e. The van der Waals surface area contributed by atoms with Crippen molar-refractivity contribution in [2.45, 2.75) is 6.42 Å². The summed E-state index contributed by atoms with van der Waals surface area (Å²) < 4.78 is 0. The van der Waals surface area contributed by atoms with E-state index in [4.69, 9.17) is 11.6 Å². The van der Waals surface area contributed by atoms with Crippen molar-refractivity contribution in [1.82, 2.24) is 10.2 Å². The second-order valence-corrected chi connectivity index (χ2v) is 7.59. The number of nitrogens with one attached hydrogen (secondary N) is 3. The predicted octanol–water partition coefficient (Wildman–Crippen LogP) is 4.71. The van der Waals surface area contributed by atoms with Crippen LogP contribution in [0.15, 0.2) is 60.7 Å². The number of fused-ring (bicyclic) bond motifs is 1. The second-order valence-electron chi connectivity index (χ2n) is 6.10. The van der Waals surface area contributed by atoms with E-state index in [1.807, 2.05) is 30.3 Å². The fourth-order valence-electron chi connectivity index (χ4n) is 2.74. The number of carbonyl (C=O) groups is 2. The molecule has 0 spiro atoms. The third kappa shape index (κ3) is 4.05. The molecule has 4 aromatic rings. The third-order valence-corrected chi connectivity index (χ3v) is 5.30. The number of H-pyrrole nitrogens is 1. The van der Waals surface area contributed by atoms with Crippen molar-refractivity contribution in [1.29, 1.82) is 0 Å². The Balaban J connectivity index is 1.48. The van der Waals surface area contributed by atoms with E-state index < -0.39 is 0 Å². The van der Waals surface area contributed by atoms with E-state index in [1.54, 1.807) is 30.3 Å². The zero-order chi connectivity index (χ0) is 19.5. The van der Waals surface area contributed by atoms with Crippen molar-refractivity contribution in [3.63, 3.8) is 0 Å². The van der Waals surface area contributed by atoms with Gasteiger partial charge in [0.1, 0.15) is 4.83 Å². The van der Waals surface area contributed by atoms with Crippen LogP contribution in [0.2, 0.25) is 5.02 Å². The number of thiophene rings is 1. The van der Waals surface area contributed by atoms with E-state index in [2.05, 4.69) is 20.8 Å². The van der Waals surface area contributed by atoms with Crippen LogP contribution in [0.25, 0.3) is 10.2 Å². The van der Waals surface area contributed by atoms with Gasteiger partial charge < -0.3 is 10.6 Å². The highest BCUT2D eigenvalue weighted by atomic mass is 35.5. The lowest BCUT2D eigenvalue weighted by Gasteiger charge is -2.03. The Kier molecular flexibility index (Phi) is 5.10. The summed E-state index contributed by atoms with van der Waals surface area (Å²) in [5.41, 5.74) is 1.53. The molecular weight excluding hydrogens is 396 g/mol. The maximum Gasteiger partial charge on any atom is 0.265 e. The molecule has 6 nitrogen and oxygen atoms in total.